The molecule has 0 aliphatic carbocycles. The summed E-state index contributed by atoms with van der Waals surface area (Å²) < 4.78 is 51.3. The quantitative estimate of drug-likeness (QED) is 0.833. The van der Waals surface area contributed by atoms with E-state index in [1.165, 1.54) is 0 Å². The van der Waals surface area contributed by atoms with Crippen LogP contribution in [-0.2, 0) is 14.8 Å². The Hall–Kier alpha value is -2.48. The van der Waals surface area contributed by atoms with Crippen LogP contribution in [-0.4, -0.2) is 27.1 Å². The standard InChI is InChI=1S/C18H20F2N2O3S/c1-12-5-4-6-17(13(12)2)21-18(23)9-10-22(26(3,24)25)14-7-8-15(19)16(20)11-14/h4-8,11H,9-10H2,1-3H3,(H,21,23). The van der Waals surface area contributed by atoms with E-state index in [0.29, 0.717) is 5.69 Å². The van der Waals surface area contributed by atoms with Crippen LogP contribution in [0.25, 0.3) is 0 Å². The molecular formula is C18H20F2N2O3S. The van der Waals surface area contributed by atoms with Crippen molar-refractivity contribution in [2.24, 2.45) is 0 Å². The van der Waals surface area contributed by atoms with Crippen molar-refractivity contribution in [3.63, 3.8) is 0 Å². The summed E-state index contributed by atoms with van der Waals surface area (Å²) in [6, 6.07) is 8.27. The van der Waals surface area contributed by atoms with E-state index in [-0.39, 0.29) is 24.6 Å². The lowest BCUT2D eigenvalue weighted by Crippen LogP contribution is -2.33. The zero-order valence-electron chi connectivity index (χ0n) is 14.7. The minimum atomic E-state index is -3.77. The van der Waals surface area contributed by atoms with Gasteiger partial charge in [-0.15, -0.1) is 0 Å². The summed E-state index contributed by atoms with van der Waals surface area (Å²) in [7, 11) is -3.77. The summed E-state index contributed by atoms with van der Waals surface area (Å²) in [6.45, 7) is 3.59. The first-order valence-corrected chi connectivity index (χ1v) is 9.73. The first-order chi connectivity index (χ1) is 12.1. The number of aryl methyl sites for hydroxylation is 1. The molecule has 8 heteroatoms. The number of nitrogens with zero attached hydrogens (tertiary/aromatic N) is 1. The molecule has 0 aromatic heterocycles. The van der Waals surface area contributed by atoms with Crippen molar-refractivity contribution in [1.82, 2.24) is 0 Å². The molecule has 2 rings (SSSR count). The van der Waals surface area contributed by atoms with Gasteiger partial charge in [-0.05, 0) is 43.2 Å². The smallest absolute Gasteiger partial charge is 0.232 e. The Morgan fingerprint density at radius 1 is 1.12 bits per heavy atom. The van der Waals surface area contributed by atoms with Crippen LogP contribution in [0.2, 0.25) is 0 Å². The van der Waals surface area contributed by atoms with Crippen LogP contribution in [0.1, 0.15) is 17.5 Å². The van der Waals surface area contributed by atoms with Gasteiger partial charge in [0.1, 0.15) is 0 Å². The fourth-order valence-electron chi connectivity index (χ4n) is 2.43. The Morgan fingerprint density at radius 2 is 1.81 bits per heavy atom. The van der Waals surface area contributed by atoms with Gasteiger partial charge in [-0.1, -0.05) is 12.1 Å². The molecule has 0 saturated carbocycles. The first kappa shape index (κ1) is 19.8. The molecule has 0 aliphatic rings. The van der Waals surface area contributed by atoms with Crippen LogP contribution in [0.5, 0.6) is 0 Å². The third-order valence-electron chi connectivity index (χ3n) is 4.01. The lowest BCUT2D eigenvalue weighted by Gasteiger charge is -2.22. The van der Waals surface area contributed by atoms with Gasteiger partial charge in [-0.25, -0.2) is 17.2 Å². The molecule has 0 aliphatic heterocycles. The second-order valence-electron chi connectivity index (χ2n) is 5.98. The summed E-state index contributed by atoms with van der Waals surface area (Å²) in [4.78, 5) is 12.2. The lowest BCUT2D eigenvalue weighted by atomic mass is 10.1. The summed E-state index contributed by atoms with van der Waals surface area (Å²) in [5.74, 6) is -2.61. The summed E-state index contributed by atoms with van der Waals surface area (Å²) in [6.07, 6.45) is 0.802. The predicted molar refractivity (Wildman–Crippen MR) is 97.7 cm³/mol. The van der Waals surface area contributed by atoms with E-state index in [0.717, 1.165) is 39.9 Å². The lowest BCUT2D eigenvalue weighted by molar-refractivity contribution is -0.116. The van der Waals surface area contributed by atoms with Gasteiger partial charge in [0.2, 0.25) is 15.9 Å². The Bertz CT molecular complexity index is 930. The molecule has 2 aromatic carbocycles. The number of sulfonamides is 1. The van der Waals surface area contributed by atoms with E-state index in [9.17, 15) is 22.0 Å². The number of hydrogen-bond donors (Lipinski definition) is 1. The summed E-state index contributed by atoms with van der Waals surface area (Å²) >= 11 is 0. The van der Waals surface area contributed by atoms with Gasteiger partial charge < -0.3 is 5.32 Å². The third kappa shape index (κ3) is 4.78. The van der Waals surface area contributed by atoms with Gasteiger partial charge in [0, 0.05) is 24.7 Å². The van der Waals surface area contributed by atoms with Crippen molar-refractivity contribution < 1.29 is 22.0 Å². The number of nitrogens with one attached hydrogen (secondary N) is 1. The molecule has 140 valence electrons. The van der Waals surface area contributed by atoms with Crippen molar-refractivity contribution in [1.29, 1.82) is 0 Å². The number of amides is 1. The van der Waals surface area contributed by atoms with E-state index in [2.05, 4.69) is 5.32 Å². The molecule has 0 bridgehead atoms. The number of anilines is 2. The van der Waals surface area contributed by atoms with Gasteiger partial charge in [-0.2, -0.15) is 0 Å². The Labute approximate surface area is 151 Å². The maximum atomic E-state index is 13.4. The number of hydrogen-bond acceptors (Lipinski definition) is 3. The monoisotopic (exact) mass is 382 g/mol. The van der Waals surface area contributed by atoms with E-state index < -0.39 is 21.7 Å². The Kier molecular flexibility index (Phi) is 5.97. The van der Waals surface area contributed by atoms with Crippen molar-refractivity contribution in [2.45, 2.75) is 20.3 Å². The molecule has 26 heavy (non-hydrogen) atoms. The van der Waals surface area contributed by atoms with Crippen molar-refractivity contribution in [3.05, 3.63) is 59.2 Å². The van der Waals surface area contributed by atoms with E-state index in [1.54, 1.807) is 6.07 Å². The normalized spacial score (nSPS) is 11.3. The van der Waals surface area contributed by atoms with E-state index >= 15 is 0 Å². The van der Waals surface area contributed by atoms with E-state index in [4.69, 9.17) is 0 Å². The Balaban J connectivity index is 2.13. The van der Waals surface area contributed by atoms with Crippen LogP contribution in [0.4, 0.5) is 20.2 Å². The first-order valence-electron chi connectivity index (χ1n) is 7.88. The molecule has 0 atom stereocenters. The molecule has 0 spiro atoms. The summed E-state index contributed by atoms with van der Waals surface area (Å²) in [5.41, 5.74) is 2.54. The Morgan fingerprint density at radius 3 is 2.42 bits per heavy atom. The zero-order chi connectivity index (χ0) is 19.5. The molecule has 0 saturated heterocycles. The number of benzene rings is 2. The van der Waals surface area contributed by atoms with Gasteiger partial charge in [0.15, 0.2) is 11.6 Å². The minimum absolute atomic E-state index is 0.0362. The second kappa shape index (κ2) is 7.82. The SMILES string of the molecule is Cc1cccc(NC(=O)CCN(c2ccc(F)c(F)c2)S(C)(=O)=O)c1C. The van der Waals surface area contributed by atoms with Gasteiger partial charge in [-0.3, -0.25) is 9.10 Å². The largest absolute Gasteiger partial charge is 0.326 e. The van der Waals surface area contributed by atoms with Crippen molar-refractivity contribution in [3.8, 4) is 0 Å². The molecule has 1 N–H and O–H groups in total. The number of carbonyl (C=O) groups is 1. The molecular weight excluding hydrogens is 362 g/mol. The van der Waals surface area contributed by atoms with Crippen molar-refractivity contribution in [2.75, 3.05) is 22.4 Å². The van der Waals surface area contributed by atoms with Crippen LogP contribution in [0, 0.1) is 25.5 Å². The highest BCUT2D eigenvalue weighted by molar-refractivity contribution is 7.92. The number of halogens is 2. The molecule has 0 radical (unpaired) electrons. The molecule has 0 fully saturated rings. The highest BCUT2D eigenvalue weighted by Crippen LogP contribution is 2.22. The highest BCUT2D eigenvalue weighted by Gasteiger charge is 2.20. The molecule has 2 aromatic rings. The third-order valence-corrected chi connectivity index (χ3v) is 5.21. The predicted octanol–water partition coefficient (Wildman–Crippen LogP) is 3.38. The molecule has 0 unspecified atom stereocenters. The van der Waals surface area contributed by atoms with Crippen LogP contribution in [0.15, 0.2) is 36.4 Å². The fraction of sp³-hybridized carbons (Fsp3) is 0.278. The zero-order valence-corrected chi connectivity index (χ0v) is 15.5. The highest BCUT2D eigenvalue weighted by atomic mass is 32.2. The fourth-order valence-corrected chi connectivity index (χ4v) is 3.35. The van der Waals surface area contributed by atoms with E-state index in [1.807, 2.05) is 26.0 Å². The average Bonchev–Trinajstić information content (AvgIpc) is 2.54. The van der Waals surface area contributed by atoms with Gasteiger partial charge in [0.05, 0.1) is 11.9 Å². The maximum Gasteiger partial charge on any atom is 0.232 e. The molecule has 1 amide bonds. The van der Waals surface area contributed by atoms with Gasteiger partial charge >= 0.3 is 0 Å². The average molecular weight is 382 g/mol. The van der Waals surface area contributed by atoms with Gasteiger partial charge in [0.25, 0.3) is 0 Å². The minimum Gasteiger partial charge on any atom is -0.326 e. The maximum absolute atomic E-state index is 13.4. The van der Waals surface area contributed by atoms with Crippen LogP contribution >= 0.6 is 0 Å². The van der Waals surface area contributed by atoms with Crippen molar-refractivity contribution >= 4 is 27.3 Å². The number of rotatable bonds is 6. The summed E-state index contributed by atoms with van der Waals surface area (Å²) in [5, 5.41) is 2.74. The molecule has 5 nitrogen and oxygen atoms in total. The van der Waals surface area contributed by atoms with Crippen LogP contribution in [0.3, 0.4) is 0 Å². The molecule has 0 heterocycles. The number of carbonyl (C=O) groups excluding carboxylic acids is 1. The second-order valence-corrected chi connectivity index (χ2v) is 7.89. The topological polar surface area (TPSA) is 66.5 Å². The van der Waals surface area contributed by atoms with Crippen LogP contribution < -0.4 is 9.62 Å².